The third kappa shape index (κ3) is 4.08. The van der Waals surface area contributed by atoms with E-state index in [1.54, 1.807) is 6.92 Å². The van der Waals surface area contributed by atoms with E-state index in [1.165, 1.54) is 13.2 Å². The topological polar surface area (TPSA) is 102 Å². The molecular weight excluding hydrogens is 271 g/mol. The Kier molecular flexibility index (Phi) is 5.24. The van der Waals surface area contributed by atoms with Crippen LogP contribution in [0.5, 0.6) is 5.75 Å². The van der Waals surface area contributed by atoms with Gasteiger partial charge in [0.15, 0.2) is 11.6 Å². The van der Waals surface area contributed by atoms with Crippen molar-refractivity contribution in [2.45, 2.75) is 13.3 Å². The lowest BCUT2D eigenvalue weighted by Gasteiger charge is -2.13. The number of methoxy groups -OCH3 is 1. The summed E-state index contributed by atoms with van der Waals surface area (Å²) in [7, 11) is 1.25. The van der Waals surface area contributed by atoms with Crippen LogP contribution in [0.2, 0.25) is 0 Å². The second-order valence-corrected chi connectivity index (χ2v) is 4.34. The number of halogens is 1. The molecule has 110 valence electrons. The maximum absolute atomic E-state index is 13.4. The highest BCUT2D eigenvalue weighted by molar-refractivity contribution is 5.67. The van der Waals surface area contributed by atoms with E-state index in [4.69, 9.17) is 9.84 Å². The van der Waals surface area contributed by atoms with E-state index in [-0.39, 0.29) is 30.3 Å². The van der Waals surface area contributed by atoms with Gasteiger partial charge in [-0.15, -0.1) is 0 Å². The highest BCUT2D eigenvalue weighted by Gasteiger charge is 2.19. The molecule has 0 amide bonds. The molecule has 2 N–H and O–H groups in total. The summed E-state index contributed by atoms with van der Waals surface area (Å²) < 4.78 is 18.2. The number of benzene rings is 1. The number of anilines is 1. The molecule has 0 saturated carbocycles. The van der Waals surface area contributed by atoms with Crippen LogP contribution in [-0.4, -0.2) is 29.7 Å². The molecule has 0 fully saturated rings. The third-order valence-electron chi connectivity index (χ3n) is 2.63. The Balaban J connectivity index is 2.92. The maximum Gasteiger partial charge on any atom is 0.303 e. The summed E-state index contributed by atoms with van der Waals surface area (Å²) >= 11 is 0. The molecule has 0 aliphatic rings. The van der Waals surface area contributed by atoms with Gasteiger partial charge in [-0.2, -0.15) is 0 Å². The summed E-state index contributed by atoms with van der Waals surface area (Å²) in [5, 5.41) is 22.2. The minimum Gasteiger partial charge on any atom is -0.494 e. The number of hydrogen-bond acceptors (Lipinski definition) is 5. The fourth-order valence-corrected chi connectivity index (χ4v) is 1.65. The summed E-state index contributed by atoms with van der Waals surface area (Å²) in [6.45, 7) is 1.90. The predicted molar refractivity (Wildman–Crippen MR) is 69.5 cm³/mol. The van der Waals surface area contributed by atoms with E-state index in [9.17, 15) is 19.3 Å². The van der Waals surface area contributed by atoms with Crippen LogP contribution in [0.3, 0.4) is 0 Å². The van der Waals surface area contributed by atoms with E-state index in [2.05, 4.69) is 5.32 Å². The van der Waals surface area contributed by atoms with E-state index >= 15 is 0 Å². The number of carboxylic acids is 1. The first-order valence-corrected chi connectivity index (χ1v) is 5.82. The average Bonchev–Trinajstić information content (AvgIpc) is 2.35. The zero-order chi connectivity index (χ0) is 15.3. The van der Waals surface area contributed by atoms with Crippen molar-refractivity contribution in [1.82, 2.24) is 0 Å². The first kappa shape index (κ1) is 15.7. The van der Waals surface area contributed by atoms with Gasteiger partial charge >= 0.3 is 5.97 Å². The molecule has 1 unspecified atom stereocenters. The predicted octanol–water partition coefficient (Wildman–Crippen LogP) is 2.27. The van der Waals surface area contributed by atoms with Gasteiger partial charge in [0.2, 0.25) is 0 Å². The number of carbonyl (C=O) groups is 1. The zero-order valence-electron chi connectivity index (χ0n) is 11.1. The first-order chi connectivity index (χ1) is 9.35. The van der Waals surface area contributed by atoms with Crippen molar-refractivity contribution in [3.63, 3.8) is 0 Å². The number of rotatable bonds is 7. The number of nitrogens with one attached hydrogen (secondary N) is 1. The monoisotopic (exact) mass is 286 g/mol. The summed E-state index contributed by atoms with van der Waals surface area (Å²) in [5.74, 6) is -2.14. The van der Waals surface area contributed by atoms with Crippen LogP contribution in [0.1, 0.15) is 13.3 Å². The smallest absolute Gasteiger partial charge is 0.303 e. The normalized spacial score (nSPS) is 11.8. The lowest BCUT2D eigenvalue weighted by Crippen LogP contribution is -2.15. The van der Waals surface area contributed by atoms with Gasteiger partial charge in [0.05, 0.1) is 18.1 Å². The standard InChI is InChI=1S/C12H15FN2O5/c1-7(3-12(16)17)6-14-9-5-11(20-2)8(13)4-10(9)15(18)19/h4-5,7,14H,3,6H2,1-2H3,(H,16,17). The highest BCUT2D eigenvalue weighted by atomic mass is 19.1. The molecular formula is C12H15FN2O5. The molecule has 0 radical (unpaired) electrons. The highest BCUT2D eigenvalue weighted by Crippen LogP contribution is 2.31. The summed E-state index contributed by atoms with van der Waals surface area (Å²) in [6.07, 6.45) is -0.0703. The van der Waals surface area contributed by atoms with E-state index in [0.717, 1.165) is 6.07 Å². The quantitative estimate of drug-likeness (QED) is 0.589. The Labute approximate surface area is 114 Å². The van der Waals surface area contributed by atoms with Gasteiger partial charge in [-0.1, -0.05) is 6.92 Å². The van der Waals surface area contributed by atoms with Gasteiger partial charge in [0, 0.05) is 19.0 Å². The Bertz CT molecular complexity index is 521. The molecule has 0 aromatic heterocycles. The van der Waals surface area contributed by atoms with Gasteiger partial charge in [-0.25, -0.2) is 4.39 Å². The Hall–Kier alpha value is -2.38. The summed E-state index contributed by atoms with van der Waals surface area (Å²) in [4.78, 5) is 20.7. The number of nitrogens with zero attached hydrogens (tertiary/aromatic N) is 1. The number of nitro groups is 1. The molecule has 0 saturated heterocycles. The van der Waals surface area contributed by atoms with Crippen molar-refractivity contribution in [3.8, 4) is 5.75 Å². The lowest BCUT2D eigenvalue weighted by atomic mass is 10.1. The SMILES string of the molecule is COc1cc(NCC(C)CC(=O)O)c([N+](=O)[O-])cc1F. The molecule has 0 spiro atoms. The number of nitro benzene ring substituents is 1. The van der Waals surface area contributed by atoms with Crippen LogP contribution in [0.4, 0.5) is 15.8 Å². The second-order valence-electron chi connectivity index (χ2n) is 4.34. The van der Waals surface area contributed by atoms with Gasteiger partial charge in [-0.05, 0) is 5.92 Å². The van der Waals surface area contributed by atoms with E-state index < -0.39 is 22.4 Å². The van der Waals surface area contributed by atoms with Gasteiger partial charge in [0.25, 0.3) is 5.69 Å². The Morgan fingerprint density at radius 3 is 2.75 bits per heavy atom. The Morgan fingerprint density at radius 1 is 1.60 bits per heavy atom. The van der Waals surface area contributed by atoms with Crippen molar-refractivity contribution in [3.05, 3.63) is 28.1 Å². The lowest BCUT2D eigenvalue weighted by molar-refractivity contribution is -0.384. The van der Waals surface area contributed by atoms with E-state index in [0.29, 0.717) is 0 Å². The van der Waals surface area contributed by atoms with Crippen molar-refractivity contribution < 1.29 is 24.0 Å². The fourth-order valence-electron chi connectivity index (χ4n) is 1.65. The van der Waals surface area contributed by atoms with Crippen LogP contribution >= 0.6 is 0 Å². The molecule has 20 heavy (non-hydrogen) atoms. The first-order valence-electron chi connectivity index (χ1n) is 5.82. The zero-order valence-corrected chi connectivity index (χ0v) is 11.1. The van der Waals surface area contributed by atoms with Crippen LogP contribution in [0, 0.1) is 21.8 Å². The third-order valence-corrected chi connectivity index (χ3v) is 2.63. The number of ether oxygens (including phenoxy) is 1. The molecule has 1 aromatic rings. The van der Waals surface area contributed by atoms with Crippen molar-refractivity contribution in [1.29, 1.82) is 0 Å². The van der Waals surface area contributed by atoms with Crippen molar-refractivity contribution in [2.75, 3.05) is 19.0 Å². The molecule has 1 aromatic carbocycles. The van der Waals surface area contributed by atoms with Gasteiger partial charge < -0.3 is 15.2 Å². The molecule has 0 bridgehead atoms. The molecule has 8 heteroatoms. The fraction of sp³-hybridized carbons (Fsp3) is 0.417. The molecule has 1 rings (SSSR count). The van der Waals surface area contributed by atoms with Crippen molar-refractivity contribution in [2.24, 2.45) is 5.92 Å². The van der Waals surface area contributed by atoms with E-state index in [1.807, 2.05) is 0 Å². The van der Waals surface area contributed by atoms with Crippen LogP contribution in [0.15, 0.2) is 12.1 Å². The van der Waals surface area contributed by atoms with Crippen molar-refractivity contribution >= 4 is 17.3 Å². The van der Waals surface area contributed by atoms with Crippen LogP contribution in [-0.2, 0) is 4.79 Å². The van der Waals surface area contributed by atoms with Gasteiger partial charge in [0.1, 0.15) is 5.69 Å². The van der Waals surface area contributed by atoms with Crippen LogP contribution < -0.4 is 10.1 Å². The molecule has 7 nitrogen and oxygen atoms in total. The maximum atomic E-state index is 13.4. The second kappa shape index (κ2) is 6.69. The molecule has 0 aliphatic carbocycles. The molecule has 0 heterocycles. The minimum atomic E-state index is -0.953. The molecule has 0 aliphatic heterocycles. The molecule has 1 atom stereocenters. The average molecular weight is 286 g/mol. The number of carboxylic acid groups (broad SMARTS) is 1. The van der Waals surface area contributed by atoms with Crippen LogP contribution in [0.25, 0.3) is 0 Å². The largest absolute Gasteiger partial charge is 0.494 e. The summed E-state index contributed by atoms with van der Waals surface area (Å²) in [6, 6.07) is 1.95. The summed E-state index contributed by atoms with van der Waals surface area (Å²) in [5.41, 5.74) is -0.337. The Morgan fingerprint density at radius 2 is 2.25 bits per heavy atom. The van der Waals surface area contributed by atoms with Gasteiger partial charge in [-0.3, -0.25) is 14.9 Å². The minimum absolute atomic E-state index is 0.0703. The number of aliphatic carboxylic acids is 1. The number of hydrogen-bond donors (Lipinski definition) is 2.